The van der Waals surface area contributed by atoms with Gasteiger partial charge in [0.05, 0.1) is 27.5 Å². The number of hydrogen-bond donors (Lipinski definition) is 1. The molecule has 1 aromatic carbocycles. The molecule has 1 aliphatic heterocycles. The number of nitrogens with zero attached hydrogens (tertiary/aromatic N) is 3. The minimum atomic E-state index is -0.233. The van der Waals surface area contributed by atoms with Crippen LogP contribution in [0.4, 0.5) is 0 Å². The largest absolute Gasteiger partial charge is 0.493 e. The van der Waals surface area contributed by atoms with Gasteiger partial charge >= 0.3 is 0 Å². The Hall–Kier alpha value is -3.36. The maximum atomic E-state index is 12.7. The molecule has 9 nitrogen and oxygen atoms in total. The van der Waals surface area contributed by atoms with Crippen molar-refractivity contribution >= 4 is 11.8 Å². The van der Waals surface area contributed by atoms with Gasteiger partial charge in [-0.3, -0.25) is 14.6 Å². The first-order valence-electron chi connectivity index (χ1n) is 9.23. The molecule has 0 spiro atoms. The number of amides is 2. The lowest BCUT2D eigenvalue weighted by atomic mass is 10.0. The highest BCUT2D eigenvalue weighted by Gasteiger charge is 2.26. The number of hydrogen-bond acceptors (Lipinski definition) is 7. The van der Waals surface area contributed by atoms with Crippen LogP contribution in [0.1, 0.15) is 33.7 Å². The molecule has 154 valence electrons. The maximum absolute atomic E-state index is 12.7. The van der Waals surface area contributed by atoms with Crippen LogP contribution in [0.3, 0.4) is 0 Å². The van der Waals surface area contributed by atoms with Crippen molar-refractivity contribution < 1.29 is 23.8 Å². The Labute approximate surface area is 169 Å². The second-order valence-electron chi connectivity index (χ2n) is 6.54. The van der Waals surface area contributed by atoms with Gasteiger partial charge in [0, 0.05) is 37.1 Å². The van der Waals surface area contributed by atoms with Gasteiger partial charge in [0.2, 0.25) is 5.75 Å². The molecule has 0 radical (unpaired) electrons. The minimum Gasteiger partial charge on any atom is -0.493 e. The molecule has 0 atom stereocenters. The molecule has 3 rings (SSSR count). The normalized spacial score (nSPS) is 14.2. The zero-order valence-electron chi connectivity index (χ0n) is 16.7. The van der Waals surface area contributed by atoms with E-state index in [-0.39, 0.29) is 17.9 Å². The third-order valence-electron chi connectivity index (χ3n) is 4.83. The molecule has 0 aliphatic carbocycles. The van der Waals surface area contributed by atoms with E-state index in [2.05, 4.69) is 15.3 Å². The molecule has 0 bridgehead atoms. The molecule has 1 aliphatic rings. The van der Waals surface area contributed by atoms with Gasteiger partial charge < -0.3 is 24.4 Å². The number of benzene rings is 1. The van der Waals surface area contributed by atoms with Crippen LogP contribution in [-0.2, 0) is 0 Å². The second kappa shape index (κ2) is 9.22. The summed E-state index contributed by atoms with van der Waals surface area (Å²) < 4.78 is 15.9. The third kappa shape index (κ3) is 4.56. The zero-order valence-corrected chi connectivity index (χ0v) is 16.7. The minimum absolute atomic E-state index is 0.0347. The van der Waals surface area contributed by atoms with Gasteiger partial charge in [0.15, 0.2) is 11.5 Å². The highest BCUT2D eigenvalue weighted by atomic mass is 16.5. The molecule has 1 N–H and O–H groups in total. The van der Waals surface area contributed by atoms with Crippen LogP contribution in [0.15, 0.2) is 30.7 Å². The Bertz CT molecular complexity index is 841. The van der Waals surface area contributed by atoms with Crippen LogP contribution in [0, 0.1) is 0 Å². The fourth-order valence-corrected chi connectivity index (χ4v) is 3.28. The number of likely N-dealkylation sites (tertiary alicyclic amines) is 1. The van der Waals surface area contributed by atoms with Gasteiger partial charge in [-0.15, -0.1) is 0 Å². The SMILES string of the molecule is COc1cc(C(=O)NC2CCN(C(=O)c3cnccn3)CC2)cc(OC)c1OC. The number of carbonyl (C=O) groups excluding carboxylic acids is 2. The van der Waals surface area contributed by atoms with Gasteiger partial charge in [-0.25, -0.2) is 4.98 Å². The molecule has 1 fully saturated rings. The average Bonchev–Trinajstić information content (AvgIpc) is 2.78. The van der Waals surface area contributed by atoms with E-state index in [4.69, 9.17) is 14.2 Å². The fraction of sp³-hybridized carbons (Fsp3) is 0.400. The number of aromatic nitrogens is 2. The van der Waals surface area contributed by atoms with Crippen LogP contribution in [-0.4, -0.2) is 67.1 Å². The van der Waals surface area contributed by atoms with Gasteiger partial charge in [0.25, 0.3) is 11.8 Å². The highest BCUT2D eigenvalue weighted by Crippen LogP contribution is 2.38. The van der Waals surface area contributed by atoms with E-state index in [1.165, 1.54) is 39.9 Å². The van der Waals surface area contributed by atoms with Crippen LogP contribution in [0.2, 0.25) is 0 Å². The molecule has 2 amide bonds. The first kappa shape index (κ1) is 20.4. The lowest BCUT2D eigenvalue weighted by Gasteiger charge is -2.32. The van der Waals surface area contributed by atoms with Gasteiger partial charge in [0.1, 0.15) is 5.69 Å². The summed E-state index contributed by atoms with van der Waals surface area (Å²) in [6.07, 6.45) is 5.80. The maximum Gasteiger partial charge on any atom is 0.274 e. The Morgan fingerprint density at radius 1 is 1.03 bits per heavy atom. The van der Waals surface area contributed by atoms with Crippen LogP contribution in [0.25, 0.3) is 0 Å². The topological polar surface area (TPSA) is 103 Å². The van der Waals surface area contributed by atoms with E-state index in [9.17, 15) is 9.59 Å². The molecule has 0 saturated carbocycles. The number of piperidine rings is 1. The monoisotopic (exact) mass is 400 g/mol. The second-order valence-corrected chi connectivity index (χ2v) is 6.54. The molecule has 29 heavy (non-hydrogen) atoms. The summed E-state index contributed by atoms with van der Waals surface area (Å²) in [7, 11) is 4.52. The van der Waals surface area contributed by atoms with Gasteiger partial charge in [-0.2, -0.15) is 0 Å². The van der Waals surface area contributed by atoms with Crippen molar-refractivity contribution in [2.24, 2.45) is 0 Å². The third-order valence-corrected chi connectivity index (χ3v) is 4.83. The predicted octanol–water partition coefficient (Wildman–Crippen LogP) is 1.54. The van der Waals surface area contributed by atoms with Gasteiger partial charge in [-0.05, 0) is 25.0 Å². The summed E-state index contributed by atoms with van der Waals surface area (Å²) in [5, 5.41) is 3.02. The highest BCUT2D eigenvalue weighted by molar-refractivity contribution is 5.96. The van der Waals surface area contributed by atoms with Crippen molar-refractivity contribution in [3.8, 4) is 17.2 Å². The molecular formula is C20H24N4O5. The Balaban J connectivity index is 1.62. The molecule has 1 aromatic heterocycles. The number of methoxy groups -OCH3 is 3. The molecule has 2 aromatic rings. The summed E-state index contributed by atoms with van der Waals surface area (Å²) in [5.74, 6) is 0.889. The molecule has 9 heteroatoms. The lowest BCUT2D eigenvalue weighted by Crippen LogP contribution is -2.46. The number of rotatable bonds is 6. The molecular weight excluding hydrogens is 376 g/mol. The summed E-state index contributed by atoms with van der Waals surface area (Å²) in [4.78, 5) is 34.9. The van der Waals surface area contributed by atoms with Crippen molar-refractivity contribution in [1.29, 1.82) is 0 Å². The smallest absolute Gasteiger partial charge is 0.274 e. The fourth-order valence-electron chi connectivity index (χ4n) is 3.28. The van der Waals surface area contributed by atoms with E-state index in [1.54, 1.807) is 17.0 Å². The quantitative estimate of drug-likeness (QED) is 0.784. The van der Waals surface area contributed by atoms with Crippen molar-refractivity contribution in [1.82, 2.24) is 20.2 Å². The van der Waals surface area contributed by atoms with Crippen molar-refractivity contribution in [2.75, 3.05) is 34.4 Å². The van der Waals surface area contributed by atoms with E-state index in [0.717, 1.165) is 0 Å². The van der Waals surface area contributed by atoms with E-state index < -0.39 is 0 Å². The molecule has 1 saturated heterocycles. The summed E-state index contributed by atoms with van der Waals surface area (Å²) in [6.45, 7) is 1.07. The standard InChI is InChI=1S/C20H24N4O5/c1-27-16-10-13(11-17(28-2)18(16)29-3)19(25)23-14-4-8-24(9-5-14)20(26)15-12-21-6-7-22-15/h6-7,10-12,14H,4-5,8-9H2,1-3H3,(H,23,25). The van der Waals surface area contributed by atoms with E-state index >= 15 is 0 Å². The average molecular weight is 400 g/mol. The zero-order chi connectivity index (χ0) is 20.8. The van der Waals surface area contributed by atoms with E-state index in [1.807, 2.05) is 0 Å². The predicted molar refractivity (Wildman–Crippen MR) is 105 cm³/mol. The Morgan fingerprint density at radius 2 is 1.69 bits per heavy atom. The van der Waals surface area contributed by atoms with E-state index in [0.29, 0.717) is 54.4 Å². The Kier molecular flexibility index (Phi) is 6.48. The van der Waals surface area contributed by atoms with Gasteiger partial charge in [-0.1, -0.05) is 0 Å². The van der Waals surface area contributed by atoms with Crippen LogP contribution in [0.5, 0.6) is 17.2 Å². The Morgan fingerprint density at radius 3 is 2.21 bits per heavy atom. The first-order chi connectivity index (χ1) is 14.1. The number of ether oxygens (including phenoxy) is 3. The first-order valence-corrected chi connectivity index (χ1v) is 9.23. The summed E-state index contributed by atoms with van der Waals surface area (Å²) in [5.41, 5.74) is 0.741. The number of carbonyl (C=O) groups is 2. The van der Waals surface area contributed by atoms with Crippen molar-refractivity contribution in [3.05, 3.63) is 42.0 Å². The summed E-state index contributed by atoms with van der Waals surface area (Å²) >= 11 is 0. The summed E-state index contributed by atoms with van der Waals surface area (Å²) in [6, 6.07) is 3.19. The van der Waals surface area contributed by atoms with Crippen molar-refractivity contribution in [2.45, 2.75) is 18.9 Å². The molecule has 0 unspecified atom stereocenters. The molecule has 2 heterocycles. The lowest BCUT2D eigenvalue weighted by molar-refractivity contribution is 0.0692. The van der Waals surface area contributed by atoms with Crippen molar-refractivity contribution in [3.63, 3.8) is 0 Å². The van der Waals surface area contributed by atoms with Crippen LogP contribution >= 0.6 is 0 Å². The van der Waals surface area contributed by atoms with Crippen LogP contribution < -0.4 is 19.5 Å². The number of nitrogens with one attached hydrogen (secondary N) is 1.